The standard InChI is InChI=1S/C13H12ClFN2OS/c1-18-9-4-2-3-5-10(9)19-13-8(17)6-7(16)11(14)12(13)15/h2-6H,16-17H2,1H3. The van der Waals surface area contributed by atoms with Gasteiger partial charge in [-0.05, 0) is 18.2 Å². The molecule has 0 radical (unpaired) electrons. The van der Waals surface area contributed by atoms with Gasteiger partial charge in [-0.2, -0.15) is 0 Å². The van der Waals surface area contributed by atoms with Gasteiger partial charge in [0.05, 0.1) is 28.3 Å². The minimum Gasteiger partial charge on any atom is -0.496 e. The van der Waals surface area contributed by atoms with Crippen LogP contribution in [-0.2, 0) is 0 Å². The number of rotatable bonds is 3. The predicted octanol–water partition coefficient (Wildman–Crippen LogP) is 3.80. The summed E-state index contributed by atoms with van der Waals surface area (Å²) in [4.78, 5) is 0.986. The normalized spacial score (nSPS) is 10.5. The molecule has 0 aromatic heterocycles. The van der Waals surface area contributed by atoms with Gasteiger partial charge in [-0.25, -0.2) is 4.39 Å². The first-order chi connectivity index (χ1) is 9.04. The number of ether oxygens (including phenoxy) is 1. The van der Waals surface area contributed by atoms with Gasteiger partial charge in [-0.15, -0.1) is 0 Å². The summed E-state index contributed by atoms with van der Waals surface area (Å²) in [5.74, 6) is 0.0225. The van der Waals surface area contributed by atoms with Crippen LogP contribution in [0.5, 0.6) is 5.75 Å². The fourth-order valence-electron chi connectivity index (χ4n) is 1.57. The fraction of sp³-hybridized carbons (Fsp3) is 0.0769. The highest BCUT2D eigenvalue weighted by Crippen LogP contribution is 2.42. The van der Waals surface area contributed by atoms with Gasteiger partial charge in [0, 0.05) is 0 Å². The van der Waals surface area contributed by atoms with Crippen LogP contribution in [0.3, 0.4) is 0 Å². The lowest BCUT2D eigenvalue weighted by Crippen LogP contribution is -1.98. The summed E-state index contributed by atoms with van der Waals surface area (Å²) >= 11 is 6.94. The highest BCUT2D eigenvalue weighted by Gasteiger charge is 2.16. The van der Waals surface area contributed by atoms with Gasteiger partial charge < -0.3 is 16.2 Å². The van der Waals surface area contributed by atoms with E-state index < -0.39 is 5.82 Å². The first kappa shape index (κ1) is 13.8. The third kappa shape index (κ3) is 2.72. The zero-order valence-electron chi connectivity index (χ0n) is 10.1. The monoisotopic (exact) mass is 298 g/mol. The smallest absolute Gasteiger partial charge is 0.159 e. The number of nitrogens with two attached hydrogens (primary N) is 2. The van der Waals surface area contributed by atoms with Crippen molar-refractivity contribution >= 4 is 34.7 Å². The summed E-state index contributed by atoms with van der Waals surface area (Å²) < 4.78 is 19.3. The molecule has 0 fully saturated rings. The molecule has 2 aromatic rings. The maximum atomic E-state index is 14.1. The quantitative estimate of drug-likeness (QED) is 0.846. The van der Waals surface area contributed by atoms with E-state index in [1.165, 1.54) is 6.07 Å². The molecule has 6 heteroatoms. The Morgan fingerprint density at radius 1 is 1.21 bits per heavy atom. The number of hydrogen-bond donors (Lipinski definition) is 2. The van der Waals surface area contributed by atoms with Crippen molar-refractivity contribution in [3.8, 4) is 5.75 Å². The third-order valence-electron chi connectivity index (χ3n) is 2.50. The number of hydrogen-bond acceptors (Lipinski definition) is 4. The predicted molar refractivity (Wildman–Crippen MR) is 77.4 cm³/mol. The first-order valence-corrected chi connectivity index (χ1v) is 6.58. The van der Waals surface area contributed by atoms with E-state index in [1.807, 2.05) is 18.2 Å². The second-order valence-electron chi connectivity index (χ2n) is 3.77. The molecular formula is C13H12ClFN2OS. The molecule has 0 aliphatic heterocycles. The van der Waals surface area contributed by atoms with Gasteiger partial charge in [0.15, 0.2) is 5.82 Å². The van der Waals surface area contributed by atoms with Crippen LogP contribution in [0.4, 0.5) is 15.8 Å². The molecule has 2 rings (SSSR count). The lowest BCUT2D eigenvalue weighted by atomic mass is 10.3. The van der Waals surface area contributed by atoms with Crippen LogP contribution in [0.25, 0.3) is 0 Å². The summed E-state index contributed by atoms with van der Waals surface area (Å²) in [6.45, 7) is 0. The number of nitrogen functional groups attached to an aromatic ring is 2. The van der Waals surface area contributed by atoms with Gasteiger partial charge in [-0.3, -0.25) is 0 Å². The summed E-state index contributed by atoms with van der Waals surface area (Å²) in [5.41, 5.74) is 11.7. The van der Waals surface area contributed by atoms with Crippen molar-refractivity contribution < 1.29 is 9.13 Å². The van der Waals surface area contributed by atoms with Gasteiger partial charge in [-0.1, -0.05) is 35.5 Å². The van der Waals surface area contributed by atoms with Crippen LogP contribution in [0, 0.1) is 5.82 Å². The molecule has 0 spiro atoms. The highest BCUT2D eigenvalue weighted by molar-refractivity contribution is 7.99. The van der Waals surface area contributed by atoms with Crippen molar-refractivity contribution in [2.45, 2.75) is 9.79 Å². The number of benzene rings is 2. The van der Waals surface area contributed by atoms with Crippen LogP contribution < -0.4 is 16.2 Å². The average molecular weight is 299 g/mol. The van der Waals surface area contributed by atoms with Crippen molar-refractivity contribution in [3.05, 3.63) is 41.2 Å². The van der Waals surface area contributed by atoms with Crippen molar-refractivity contribution in [1.82, 2.24) is 0 Å². The van der Waals surface area contributed by atoms with E-state index in [0.29, 0.717) is 5.75 Å². The number of anilines is 2. The fourth-order valence-corrected chi connectivity index (χ4v) is 2.76. The van der Waals surface area contributed by atoms with E-state index in [0.717, 1.165) is 16.7 Å². The zero-order chi connectivity index (χ0) is 14.0. The molecule has 0 bridgehead atoms. The Hall–Kier alpha value is -1.59. The Bertz CT molecular complexity index is 622. The van der Waals surface area contributed by atoms with E-state index in [4.69, 9.17) is 27.8 Å². The van der Waals surface area contributed by atoms with E-state index in [1.54, 1.807) is 13.2 Å². The minimum absolute atomic E-state index is 0.119. The summed E-state index contributed by atoms with van der Waals surface area (Å²) in [5, 5.41) is -0.119. The van der Waals surface area contributed by atoms with Crippen LogP contribution in [0.15, 0.2) is 40.1 Å². The first-order valence-electron chi connectivity index (χ1n) is 5.38. The molecule has 0 heterocycles. The van der Waals surface area contributed by atoms with E-state index in [2.05, 4.69) is 0 Å². The largest absolute Gasteiger partial charge is 0.496 e. The Morgan fingerprint density at radius 3 is 2.58 bits per heavy atom. The van der Waals surface area contributed by atoms with Crippen molar-refractivity contribution in [2.75, 3.05) is 18.6 Å². The Morgan fingerprint density at radius 2 is 1.89 bits per heavy atom. The number of para-hydroxylation sites is 1. The van der Waals surface area contributed by atoms with Crippen LogP contribution in [0.1, 0.15) is 0 Å². The lowest BCUT2D eigenvalue weighted by molar-refractivity contribution is 0.405. The molecule has 0 aliphatic carbocycles. The van der Waals surface area contributed by atoms with Crippen molar-refractivity contribution in [1.29, 1.82) is 0 Å². The Kier molecular flexibility index (Phi) is 4.07. The van der Waals surface area contributed by atoms with E-state index >= 15 is 0 Å². The summed E-state index contributed by atoms with van der Waals surface area (Å²) in [6, 6.07) is 8.71. The molecule has 0 atom stereocenters. The second-order valence-corrected chi connectivity index (χ2v) is 5.20. The Balaban J connectivity index is 2.47. The SMILES string of the molecule is COc1ccccc1Sc1c(N)cc(N)c(Cl)c1F. The molecule has 4 N–H and O–H groups in total. The molecule has 0 unspecified atom stereocenters. The molecule has 0 amide bonds. The Labute approximate surface area is 119 Å². The molecule has 100 valence electrons. The lowest BCUT2D eigenvalue weighted by Gasteiger charge is -2.12. The van der Waals surface area contributed by atoms with Gasteiger partial charge in [0.1, 0.15) is 10.8 Å². The second kappa shape index (κ2) is 5.59. The molecule has 3 nitrogen and oxygen atoms in total. The molecule has 0 saturated heterocycles. The van der Waals surface area contributed by atoms with Crippen LogP contribution in [0.2, 0.25) is 5.02 Å². The van der Waals surface area contributed by atoms with Gasteiger partial charge in [0.2, 0.25) is 0 Å². The highest BCUT2D eigenvalue weighted by atomic mass is 35.5. The molecule has 19 heavy (non-hydrogen) atoms. The summed E-state index contributed by atoms with van der Waals surface area (Å²) in [6.07, 6.45) is 0. The number of methoxy groups -OCH3 is 1. The summed E-state index contributed by atoms with van der Waals surface area (Å²) in [7, 11) is 1.55. The van der Waals surface area contributed by atoms with Crippen LogP contribution in [-0.4, -0.2) is 7.11 Å². The van der Waals surface area contributed by atoms with E-state index in [9.17, 15) is 4.39 Å². The molecule has 0 aliphatic rings. The molecule has 2 aromatic carbocycles. The average Bonchev–Trinajstić information content (AvgIpc) is 2.41. The topological polar surface area (TPSA) is 61.3 Å². The van der Waals surface area contributed by atoms with E-state index in [-0.39, 0.29) is 21.3 Å². The third-order valence-corrected chi connectivity index (χ3v) is 4.06. The van der Waals surface area contributed by atoms with Crippen molar-refractivity contribution in [2.24, 2.45) is 0 Å². The van der Waals surface area contributed by atoms with Crippen LogP contribution >= 0.6 is 23.4 Å². The zero-order valence-corrected chi connectivity index (χ0v) is 11.7. The number of halogens is 2. The maximum Gasteiger partial charge on any atom is 0.159 e. The van der Waals surface area contributed by atoms with Crippen molar-refractivity contribution in [3.63, 3.8) is 0 Å². The van der Waals surface area contributed by atoms with Gasteiger partial charge in [0.25, 0.3) is 0 Å². The molecular weight excluding hydrogens is 287 g/mol. The molecule has 0 saturated carbocycles. The maximum absolute atomic E-state index is 14.1. The van der Waals surface area contributed by atoms with Gasteiger partial charge >= 0.3 is 0 Å². The minimum atomic E-state index is -0.616.